The molecule has 5 N–H and O–H groups in total. The minimum atomic E-state index is -1.06. The SMILES string of the molecule is CCNC(=O)[C@H](CNC(=O)c1ccc(C(=O)N2C[C@@H](C(=O)N[C@H]3C[C@@H]3c3ccccc3)[C@H](C(=O)N[C@H]3C[C@@H]3c3ccccc3)C2)cc1)NC(=O)OCC. The van der Waals surface area contributed by atoms with E-state index in [1.54, 1.807) is 13.8 Å². The lowest BCUT2D eigenvalue weighted by Gasteiger charge is -2.18. The van der Waals surface area contributed by atoms with Crippen LogP contribution in [-0.2, 0) is 19.1 Å². The summed E-state index contributed by atoms with van der Waals surface area (Å²) in [5.74, 6) is -2.85. The predicted octanol–water partition coefficient (Wildman–Crippen LogP) is 2.70. The molecule has 13 nitrogen and oxygen atoms in total. The molecule has 3 aromatic carbocycles. The number of benzene rings is 3. The van der Waals surface area contributed by atoms with Crippen LogP contribution in [0.15, 0.2) is 84.9 Å². The van der Waals surface area contributed by atoms with Crippen LogP contribution in [0.3, 0.4) is 0 Å². The number of hydrogen-bond donors (Lipinski definition) is 5. The lowest BCUT2D eigenvalue weighted by molar-refractivity contribution is -0.133. The van der Waals surface area contributed by atoms with Crippen molar-refractivity contribution in [1.29, 1.82) is 0 Å². The molecule has 1 aliphatic heterocycles. The van der Waals surface area contributed by atoms with E-state index >= 15 is 0 Å². The normalized spacial score (nSPS) is 23.2. The van der Waals surface area contributed by atoms with Crippen molar-refractivity contribution in [2.45, 2.75) is 56.7 Å². The van der Waals surface area contributed by atoms with Crippen LogP contribution in [0.1, 0.15) is 70.4 Å². The number of hydrogen-bond acceptors (Lipinski definition) is 7. The van der Waals surface area contributed by atoms with E-state index in [0.717, 1.165) is 24.0 Å². The molecule has 13 heteroatoms. The average Bonchev–Trinajstić information content (AvgIpc) is 4.08. The van der Waals surface area contributed by atoms with Gasteiger partial charge < -0.3 is 36.2 Å². The van der Waals surface area contributed by atoms with E-state index in [2.05, 4.69) is 26.6 Å². The Hall–Kier alpha value is -5.72. The minimum absolute atomic E-state index is 0.0276. The quantitative estimate of drug-likeness (QED) is 0.170. The van der Waals surface area contributed by atoms with Crippen molar-refractivity contribution in [3.63, 3.8) is 0 Å². The van der Waals surface area contributed by atoms with E-state index in [1.165, 1.54) is 29.2 Å². The average molecular weight is 723 g/mol. The van der Waals surface area contributed by atoms with Crippen molar-refractivity contribution in [2.75, 3.05) is 32.8 Å². The van der Waals surface area contributed by atoms with E-state index in [9.17, 15) is 28.8 Å². The number of likely N-dealkylation sites (tertiary alicyclic amines) is 1. The summed E-state index contributed by atoms with van der Waals surface area (Å²) in [6.07, 6.45) is 0.851. The molecule has 3 fully saturated rings. The summed E-state index contributed by atoms with van der Waals surface area (Å²) in [4.78, 5) is 80.1. The molecule has 6 rings (SSSR count). The molecule has 0 spiro atoms. The predicted molar refractivity (Wildman–Crippen MR) is 196 cm³/mol. The van der Waals surface area contributed by atoms with E-state index in [-0.39, 0.29) is 73.4 Å². The maximum Gasteiger partial charge on any atom is 0.407 e. The molecule has 53 heavy (non-hydrogen) atoms. The maximum atomic E-state index is 13.8. The van der Waals surface area contributed by atoms with Crippen molar-refractivity contribution >= 4 is 35.6 Å². The first kappa shape index (κ1) is 37.1. The van der Waals surface area contributed by atoms with Gasteiger partial charge in [0, 0.05) is 61.2 Å². The number of nitrogens with one attached hydrogen (secondary N) is 5. The molecular weight excluding hydrogens is 676 g/mol. The Morgan fingerprint density at radius 3 is 1.70 bits per heavy atom. The molecule has 2 aliphatic carbocycles. The summed E-state index contributed by atoms with van der Waals surface area (Å²) in [6.45, 7) is 3.79. The van der Waals surface area contributed by atoms with Crippen molar-refractivity contribution in [1.82, 2.24) is 31.5 Å². The molecule has 2 saturated carbocycles. The summed E-state index contributed by atoms with van der Waals surface area (Å²) >= 11 is 0. The topological polar surface area (TPSA) is 175 Å². The van der Waals surface area contributed by atoms with Gasteiger partial charge in [0.05, 0.1) is 18.4 Å². The molecule has 1 heterocycles. The third-order valence-electron chi connectivity index (χ3n) is 10.1. The Balaban J connectivity index is 1.09. The second-order valence-corrected chi connectivity index (χ2v) is 13.8. The van der Waals surface area contributed by atoms with E-state index in [4.69, 9.17) is 4.74 Å². The maximum absolute atomic E-state index is 13.8. The summed E-state index contributed by atoms with van der Waals surface area (Å²) in [7, 11) is 0. The van der Waals surface area contributed by atoms with Crippen LogP contribution in [0.25, 0.3) is 0 Å². The molecule has 3 aliphatic rings. The molecule has 0 aromatic heterocycles. The minimum Gasteiger partial charge on any atom is -0.450 e. The smallest absolute Gasteiger partial charge is 0.407 e. The van der Waals surface area contributed by atoms with Crippen molar-refractivity contribution in [2.24, 2.45) is 11.8 Å². The first-order valence-electron chi connectivity index (χ1n) is 18.3. The fraction of sp³-hybridized carbons (Fsp3) is 0.400. The lowest BCUT2D eigenvalue weighted by Crippen LogP contribution is -2.52. The third kappa shape index (κ3) is 9.21. The number of alkyl carbamates (subject to hydrolysis) is 1. The van der Waals surface area contributed by atoms with Crippen LogP contribution in [0.4, 0.5) is 4.79 Å². The first-order valence-corrected chi connectivity index (χ1v) is 18.3. The Kier molecular flexibility index (Phi) is 11.7. The molecule has 0 unspecified atom stereocenters. The largest absolute Gasteiger partial charge is 0.450 e. The Morgan fingerprint density at radius 2 is 1.21 bits per heavy atom. The second-order valence-electron chi connectivity index (χ2n) is 13.8. The highest BCUT2D eigenvalue weighted by Gasteiger charge is 2.49. The summed E-state index contributed by atoms with van der Waals surface area (Å²) in [6, 6.07) is 24.9. The van der Waals surface area contributed by atoms with Crippen molar-refractivity contribution in [3.8, 4) is 0 Å². The number of likely N-dealkylation sites (N-methyl/N-ethyl adjacent to an activating group) is 1. The fourth-order valence-electron chi connectivity index (χ4n) is 6.99. The zero-order valence-corrected chi connectivity index (χ0v) is 29.9. The molecule has 1 saturated heterocycles. The van der Waals surface area contributed by atoms with Crippen molar-refractivity contribution < 1.29 is 33.5 Å². The molecular formula is C40H46N6O7. The summed E-state index contributed by atoms with van der Waals surface area (Å²) < 4.78 is 4.87. The van der Waals surface area contributed by atoms with Gasteiger partial charge in [-0.05, 0) is 62.1 Å². The fourth-order valence-corrected chi connectivity index (χ4v) is 6.99. The number of nitrogens with zero attached hydrogens (tertiary/aromatic N) is 1. The van der Waals surface area contributed by atoms with Crippen LogP contribution < -0.4 is 26.6 Å². The molecule has 3 aromatic rings. The van der Waals surface area contributed by atoms with Gasteiger partial charge in [-0.3, -0.25) is 24.0 Å². The van der Waals surface area contributed by atoms with Gasteiger partial charge in [0.1, 0.15) is 6.04 Å². The zero-order valence-electron chi connectivity index (χ0n) is 29.9. The van der Waals surface area contributed by atoms with Gasteiger partial charge in [0.25, 0.3) is 11.8 Å². The number of carbonyl (C=O) groups excluding carboxylic acids is 6. The number of rotatable bonds is 14. The van der Waals surface area contributed by atoms with Gasteiger partial charge in [-0.1, -0.05) is 60.7 Å². The highest BCUT2D eigenvalue weighted by molar-refractivity contribution is 5.99. The van der Waals surface area contributed by atoms with E-state index in [1.807, 2.05) is 60.7 Å². The van der Waals surface area contributed by atoms with Crippen LogP contribution in [0.2, 0.25) is 0 Å². The van der Waals surface area contributed by atoms with Crippen molar-refractivity contribution in [3.05, 3.63) is 107 Å². The zero-order chi connectivity index (χ0) is 37.5. The third-order valence-corrected chi connectivity index (χ3v) is 10.1. The lowest BCUT2D eigenvalue weighted by atomic mass is 9.94. The highest BCUT2D eigenvalue weighted by atomic mass is 16.5. The first-order chi connectivity index (χ1) is 25.7. The standard InChI is InChI=1S/C40H46N6O7/c1-3-41-38(50)34(45-40(52)53-4-2)21-42-35(47)26-15-17-27(18-16-26)39(51)46-22-30(36(48)43-32-19-28(32)24-11-7-5-8-12-24)31(23-46)37(49)44-33-20-29(33)25-13-9-6-10-14-25/h5-18,28-34H,3-4,19-23H2,1-2H3,(H,41,50)(H,42,47)(H,43,48)(H,44,49)(H,45,52)/t28-,29-,30-,31-,32+,33+,34+/m1/s1. The molecule has 0 radical (unpaired) electrons. The van der Waals surface area contributed by atoms with Gasteiger partial charge in [0.15, 0.2) is 0 Å². The van der Waals surface area contributed by atoms with Gasteiger partial charge in [-0.2, -0.15) is 0 Å². The van der Waals surface area contributed by atoms with Crippen LogP contribution >= 0.6 is 0 Å². The van der Waals surface area contributed by atoms with Crippen LogP contribution in [-0.4, -0.2) is 91.4 Å². The van der Waals surface area contributed by atoms with Gasteiger partial charge in [-0.25, -0.2) is 4.79 Å². The number of carbonyl (C=O) groups is 6. The van der Waals surface area contributed by atoms with E-state index in [0.29, 0.717) is 12.1 Å². The molecule has 7 atom stereocenters. The van der Waals surface area contributed by atoms with Crippen LogP contribution in [0.5, 0.6) is 0 Å². The van der Waals surface area contributed by atoms with Gasteiger partial charge >= 0.3 is 6.09 Å². The number of ether oxygens (including phenoxy) is 1. The van der Waals surface area contributed by atoms with Gasteiger partial charge in [-0.15, -0.1) is 0 Å². The Morgan fingerprint density at radius 1 is 0.698 bits per heavy atom. The van der Waals surface area contributed by atoms with Crippen LogP contribution in [0, 0.1) is 11.8 Å². The summed E-state index contributed by atoms with van der Waals surface area (Å²) in [5.41, 5.74) is 2.84. The van der Waals surface area contributed by atoms with E-state index < -0.39 is 35.8 Å². The highest BCUT2D eigenvalue weighted by Crippen LogP contribution is 2.42. The number of amides is 6. The molecule has 278 valence electrons. The molecule has 0 bridgehead atoms. The summed E-state index contributed by atoms with van der Waals surface area (Å²) in [5, 5.41) is 14.0. The Labute approximate surface area is 308 Å². The molecule has 6 amide bonds. The van der Waals surface area contributed by atoms with Gasteiger partial charge in [0.2, 0.25) is 17.7 Å². The second kappa shape index (κ2) is 16.7. The Bertz CT molecular complexity index is 1730. The monoisotopic (exact) mass is 722 g/mol.